The van der Waals surface area contributed by atoms with Gasteiger partial charge in [-0.15, -0.1) is 0 Å². The van der Waals surface area contributed by atoms with Crippen molar-refractivity contribution >= 4 is 21.3 Å². The molecule has 102 valence electrons. The quantitative estimate of drug-likeness (QED) is 0.498. The summed E-state index contributed by atoms with van der Waals surface area (Å²) in [6.07, 6.45) is 1.96. The molecule has 0 radical (unpaired) electrons. The molecule has 0 amide bonds. The molecule has 0 unspecified atom stereocenters. The van der Waals surface area contributed by atoms with Crippen molar-refractivity contribution in [2.24, 2.45) is 0 Å². The molecule has 0 fully saturated rings. The molecule has 1 aliphatic rings. The van der Waals surface area contributed by atoms with Gasteiger partial charge >= 0.3 is 0 Å². The van der Waals surface area contributed by atoms with Gasteiger partial charge in [-0.1, -0.05) is 18.2 Å². The molecule has 0 aliphatic heterocycles. The van der Waals surface area contributed by atoms with Crippen LogP contribution in [0, 0.1) is 20.9 Å². The third kappa shape index (κ3) is 2.16. The largest absolute Gasteiger partial charge is 0.299 e. The predicted octanol–water partition coefficient (Wildman–Crippen LogP) is 1.56. The fourth-order valence-corrected chi connectivity index (χ4v) is 3.25. The molecule has 2 N–H and O–H groups in total. The molecule has 0 saturated heterocycles. The number of nitro groups is 1. The summed E-state index contributed by atoms with van der Waals surface area (Å²) in [6.45, 7) is 0. The fraction of sp³-hybridized carbons (Fsp3) is 0. The minimum Gasteiger partial charge on any atom is -0.299 e. The van der Waals surface area contributed by atoms with Gasteiger partial charge in [-0.3, -0.25) is 20.9 Å². The first-order chi connectivity index (χ1) is 9.35. The Morgan fingerprint density at radius 3 is 2.20 bits per heavy atom. The summed E-state index contributed by atoms with van der Waals surface area (Å²) in [5, 5.41) is 26.1. The van der Waals surface area contributed by atoms with E-state index in [1.807, 2.05) is 0 Å². The average molecular weight is 291 g/mol. The molecule has 0 atom stereocenters. The van der Waals surface area contributed by atoms with Crippen molar-refractivity contribution in [3.63, 3.8) is 0 Å². The molecule has 0 aromatic heterocycles. The molecule has 2 rings (SSSR count). The zero-order valence-corrected chi connectivity index (χ0v) is 10.8. The van der Waals surface area contributed by atoms with Gasteiger partial charge in [0, 0.05) is 6.08 Å². The van der Waals surface area contributed by atoms with Gasteiger partial charge in [0.1, 0.15) is 5.71 Å². The number of hydrogen-bond donors (Lipinski definition) is 2. The van der Waals surface area contributed by atoms with Crippen LogP contribution in [-0.2, 0) is 9.84 Å². The summed E-state index contributed by atoms with van der Waals surface area (Å²) >= 11 is 0. The summed E-state index contributed by atoms with van der Waals surface area (Å²) in [5.41, 5.74) is -1.76. The topological polar surface area (TPSA) is 125 Å². The highest BCUT2D eigenvalue weighted by atomic mass is 32.2. The van der Waals surface area contributed by atoms with Crippen molar-refractivity contribution in [3.8, 4) is 0 Å². The molecule has 0 bridgehead atoms. The molecular weight excluding hydrogens is 282 g/mol. The van der Waals surface area contributed by atoms with Gasteiger partial charge in [-0.25, -0.2) is 8.42 Å². The Labute approximate surface area is 114 Å². The maximum Gasteiger partial charge on any atom is 0.290 e. The van der Waals surface area contributed by atoms with Gasteiger partial charge in [0.25, 0.3) is 5.70 Å². The van der Waals surface area contributed by atoms with Gasteiger partial charge in [0.15, 0.2) is 4.91 Å². The molecular formula is C12H9N3O4S. The predicted molar refractivity (Wildman–Crippen MR) is 72.2 cm³/mol. The molecule has 1 aliphatic carbocycles. The molecule has 0 heterocycles. The van der Waals surface area contributed by atoms with E-state index < -0.39 is 31.1 Å². The monoisotopic (exact) mass is 291 g/mol. The molecule has 7 nitrogen and oxygen atoms in total. The Hall–Kier alpha value is -2.61. The lowest BCUT2D eigenvalue weighted by atomic mass is 10.1. The number of hydrogen-bond acceptors (Lipinski definition) is 6. The highest BCUT2D eigenvalue weighted by Gasteiger charge is 2.36. The normalized spacial score (nSPS) is 15.6. The number of benzene rings is 1. The van der Waals surface area contributed by atoms with Crippen molar-refractivity contribution in [3.05, 3.63) is 63.2 Å². The van der Waals surface area contributed by atoms with E-state index in [4.69, 9.17) is 10.8 Å². The third-order valence-electron chi connectivity index (χ3n) is 2.66. The Morgan fingerprint density at radius 1 is 1.05 bits per heavy atom. The van der Waals surface area contributed by atoms with Crippen molar-refractivity contribution in [1.82, 2.24) is 0 Å². The maximum atomic E-state index is 12.4. The minimum absolute atomic E-state index is 0.151. The van der Waals surface area contributed by atoms with Crippen molar-refractivity contribution in [2.75, 3.05) is 0 Å². The van der Waals surface area contributed by atoms with Gasteiger partial charge in [-0.2, -0.15) is 0 Å². The third-order valence-corrected chi connectivity index (χ3v) is 4.50. The minimum atomic E-state index is -4.22. The summed E-state index contributed by atoms with van der Waals surface area (Å²) in [5.74, 6) is 0. The van der Waals surface area contributed by atoms with E-state index in [0.717, 1.165) is 12.2 Å². The van der Waals surface area contributed by atoms with Gasteiger partial charge in [0.05, 0.1) is 15.5 Å². The lowest BCUT2D eigenvalue weighted by Gasteiger charge is -2.12. The Bertz CT molecular complexity index is 776. The van der Waals surface area contributed by atoms with Crippen molar-refractivity contribution in [2.45, 2.75) is 4.90 Å². The van der Waals surface area contributed by atoms with Crippen LogP contribution in [0.1, 0.15) is 0 Å². The van der Waals surface area contributed by atoms with Crippen LogP contribution in [0.2, 0.25) is 0 Å². The van der Waals surface area contributed by atoms with Crippen LogP contribution < -0.4 is 0 Å². The number of allylic oxidation sites excluding steroid dienone is 3. The number of nitrogens with zero attached hydrogens (tertiary/aromatic N) is 1. The standard InChI is InChI=1S/C12H9N3O4S/c13-9-6-7-10(15(16)17)12(11(9)14)20(18,19)8-4-2-1-3-5-8/h1-7,13-14H. The van der Waals surface area contributed by atoms with E-state index >= 15 is 0 Å². The molecule has 1 aromatic carbocycles. The van der Waals surface area contributed by atoms with Crippen LogP contribution >= 0.6 is 0 Å². The van der Waals surface area contributed by atoms with E-state index in [-0.39, 0.29) is 10.6 Å². The van der Waals surface area contributed by atoms with Crippen LogP contribution in [0.4, 0.5) is 0 Å². The van der Waals surface area contributed by atoms with Crippen molar-refractivity contribution in [1.29, 1.82) is 10.8 Å². The molecule has 0 saturated carbocycles. The Kier molecular flexibility index (Phi) is 3.33. The van der Waals surface area contributed by atoms with E-state index in [0.29, 0.717) is 0 Å². The Balaban J connectivity index is 2.75. The number of rotatable bonds is 3. The second kappa shape index (κ2) is 4.82. The molecule has 0 spiro atoms. The smallest absolute Gasteiger partial charge is 0.290 e. The van der Waals surface area contributed by atoms with Crippen molar-refractivity contribution < 1.29 is 13.3 Å². The zero-order chi connectivity index (χ0) is 14.9. The van der Waals surface area contributed by atoms with Crippen LogP contribution in [0.15, 0.2) is 58.0 Å². The summed E-state index contributed by atoms with van der Waals surface area (Å²) < 4.78 is 24.8. The van der Waals surface area contributed by atoms with Crippen LogP contribution in [0.25, 0.3) is 0 Å². The zero-order valence-electron chi connectivity index (χ0n) is 10.0. The number of nitrogens with one attached hydrogen (secondary N) is 2. The number of sulfone groups is 1. The van der Waals surface area contributed by atoms with E-state index in [9.17, 15) is 18.5 Å². The summed E-state index contributed by atoms with van der Waals surface area (Å²) in [4.78, 5) is 9.19. The first-order valence-corrected chi connectivity index (χ1v) is 6.88. The molecule has 20 heavy (non-hydrogen) atoms. The van der Waals surface area contributed by atoms with Gasteiger partial charge in [0.2, 0.25) is 9.84 Å². The van der Waals surface area contributed by atoms with Gasteiger partial charge < -0.3 is 0 Å². The lowest BCUT2D eigenvalue weighted by Crippen LogP contribution is -2.26. The first-order valence-electron chi connectivity index (χ1n) is 5.40. The van der Waals surface area contributed by atoms with Crippen LogP contribution in [0.3, 0.4) is 0 Å². The van der Waals surface area contributed by atoms with E-state index in [2.05, 4.69) is 0 Å². The fourth-order valence-electron chi connectivity index (χ4n) is 1.70. The second-order valence-corrected chi connectivity index (χ2v) is 5.80. The Morgan fingerprint density at radius 2 is 1.65 bits per heavy atom. The highest BCUT2D eigenvalue weighted by molar-refractivity contribution is 7.96. The van der Waals surface area contributed by atoms with Crippen LogP contribution in [-0.4, -0.2) is 24.8 Å². The second-order valence-electron chi connectivity index (χ2n) is 3.91. The molecule has 8 heteroatoms. The maximum absolute atomic E-state index is 12.4. The first kappa shape index (κ1) is 13.8. The SMILES string of the molecule is N=C1C=CC([N+](=O)[O-])=C(S(=O)(=O)c2ccccc2)C1=N. The average Bonchev–Trinajstić information content (AvgIpc) is 2.42. The van der Waals surface area contributed by atoms with E-state index in [1.54, 1.807) is 6.07 Å². The highest BCUT2D eigenvalue weighted by Crippen LogP contribution is 2.26. The summed E-state index contributed by atoms with van der Waals surface area (Å²) in [7, 11) is -4.22. The summed E-state index contributed by atoms with van der Waals surface area (Å²) in [6, 6.07) is 7.14. The van der Waals surface area contributed by atoms with Gasteiger partial charge in [-0.05, 0) is 18.2 Å². The molecule has 1 aromatic rings. The lowest BCUT2D eigenvalue weighted by molar-refractivity contribution is -0.419. The van der Waals surface area contributed by atoms with E-state index in [1.165, 1.54) is 24.3 Å². The van der Waals surface area contributed by atoms with Crippen LogP contribution in [0.5, 0.6) is 0 Å².